The molecule has 0 radical (unpaired) electrons. The number of ether oxygens (including phenoxy) is 1. The van der Waals surface area contributed by atoms with Crippen LogP contribution in [0.2, 0.25) is 0 Å². The number of rotatable bonds is 8. The Labute approximate surface area is 155 Å². The van der Waals surface area contributed by atoms with Gasteiger partial charge in [-0.3, -0.25) is 4.79 Å². The van der Waals surface area contributed by atoms with Crippen LogP contribution in [0.3, 0.4) is 0 Å². The molecule has 2 aromatic rings. The minimum atomic E-state index is -0.143. The lowest BCUT2D eigenvalue weighted by Gasteiger charge is -2.23. The fraction of sp³-hybridized carbons (Fsp3) is 0.381. The maximum absolute atomic E-state index is 12.7. The topological polar surface area (TPSA) is 38.3 Å². The molecule has 3 nitrogen and oxygen atoms in total. The lowest BCUT2D eigenvalue weighted by molar-refractivity contribution is -0.121. The van der Waals surface area contributed by atoms with Gasteiger partial charge in [0.1, 0.15) is 5.75 Å². The molecule has 0 saturated carbocycles. The van der Waals surface area contributed by atoms with Crippen molar-refractivity contribution in [3.05, 3.63) is 60.2 Å². The monoisotopic (exact) mass is 357 g/mol. The third-order valence-electron chi connectivity index (χ3n) is 3.97. The molecule has 0 heterocycles. The van der Waals surface area contributed by atoms with Crippen molar-refractivity contribution in [2.45, 2.75) is 43.4 Å². The molecule has 0 aromatic heterocycles. The number of carbonyl (C=O) groups excluding carboxylic acids is 1. The van der Waals surface area contributed by atoms with Gasteiger partial charge in [0, 0.05) is 4.90 Å². The lowest BCUT2D eigenvalue weighted by Crippen LogP contribution is -2.35. The first-order valence-corrected chi connectivity index (χ1v) is 9.53. The Hall–Kier alpha value is -1.94. The highest BCUT2D eigenvalue weighted by Gasteiger charge is 2.20. The Morgan fingerprint density at radius 1 is 1.04 bits per heavy atom. The summed E-state index contributed by atoms with van der Waals surface area (Å²) in [4.78, 5) is 13.8. The molecule has 0 aliphatic heterocycles. The van der Waals surface area contributed by atoms with E-state index < -0.39 is 0 Å². The fourth-order valence-corrected chi connectivity index (χ4v) is 3.53. The van der Waals surface area contributed by atoms with E-state index >= 15 is 0 Å². The molecular formula is C21H27NO2S. The summed E-state index contributed by atoms with van der Waals surface area (Å²) in [5.41, 5.74) is 1.11. The first-order chi connectivity index (χ1) is 12.0. The van der Waals surface area contributed by atoms with E-state index in [9.17, 15) is 4.79 Å². The van der Waals surface area contributed by atoms with Crippen molar-refractivity contribution in [2.24, 2.45) is 5.92 Å². The standard InChI is InChI=1S/C21H27NO2S/c1-15(2)14-20(17-10-12-18(24-4)13-11-17)22-21(23)16(3)25-19-8-6-5-7-9-19/h5-13,15-16,20H,14H2,1-4H3,(H,22,23)/t16-,20-/m1/s1. The average molecular weight is 358 g/mol. The van der Waals surface area contributed by atoms with Crippen LogP contribution in [0.15, 0.2) is 59.5 Å². The first kappa shape index (κ1) is 19.4. The summed E-state index contributed by atoms with van der Waals surface area (Å²) in [6.07, 6.45) is 0.904. The van der Waals surface area contributed by atoms with Gasteiger partial charge < -0.3 is 10.1 Å². The van der Waals surface area contributed by atoms with Gasteiger partial charge in [-0.2, -0.15) is 0 Å². The van der Waals surface area contributed by atoms with Crippen LogP contribution in [0.25, 0.3) is 0 Å². The van der Waals surface area contributed by atoms with Crippen LogP contribution in [0, 0.1) is 5.92 Å². The van der Waals surface area contributed by atoms with E-state index in [1.165, 1.54) is 0 Å². The second-order valence-electron chi connectivity index (χ2n) is 6.54. The minimum absolute atomic E-state index is 0.0113. The van der Waals surface area contributed by atoms with E-state index in [0.717, 1.165) is 22.6 Å². The molecule has 134 valence electrons. The van der Waals surface area contributed by atoms with Crippen molar-refractivity contribution >= 4 is 17.7 Å². The van der Waals surface area contributed by atoms with E-state index in [-0.39, 0.29) is 17.2 Å². The number of benzene rings is 2. The van der Waals surface area contributed by atoms with Crippen LogP contribution < -0.4 is 10.1 Å². The number of methoxy groups -OCH3 is 1. The zero-order chi connectivity index (χ0) is 18.2. The van der Waals surface area contributed by atoms with Gasteiger partial charge in [0.15, 0.2) is 0 Å². The van der Waals surface area contributed by atoms with Crippen molar-refractivity contribution in [3.8, 4) is 5.75 Å². The summed E-state index contributed by atoms with van der Waals surface area (Å²) < 4.78 is 5.23. The molecular weight excluding hydrogens is 330 g/mol. The quantitative estimate of drug-likeness (QED) is 0.670. The summed E-state index contributed by atoms with van der Waals surface area (Å²) in [5.74, 6) is 1.38. The molecule has 2 rings (SSSR count). The molecule has 0 spiro atoms. The maximum Gasteiger partial charge on any atom is 0.233 e. The number of hydrogen-bond acceptors (Lipinski definition) is 3. The lowest BCUT2D eigenvalue weighted by atomic mass is 9.96. The molecule has 0 aliphatic rings. The molecule has 0 bridgehead atoms. The van der Waals surface area contributed by atoms with Gasteiger partial charge in [-0.25, -0.2) is 0 Å². The summed E-state index contributed by atoms with van der Waals surface area (Å²) in [6, 6.07) is 18.0. The largest absolute Gasteiger partial charge is 0.497 e. The number of carbonyl (C=O) groups is 1. The van der Waals surface area contributed by atoms with Gasteiger partial charge in [-0.1, -0.05) is 44.2 Å². The second kappa shape index (κ2) is 9.52. The van der Waals surface area contributed by atoms with E-state index in [4.69, 9.17) is 4.74 Å². The predicted molar refractivity (Wildman–Crippen MR) is 105 cm³/mol. The molecule has 2 aromatic carbocycles. The smallest absolute Gasteiger partial charge is 0.233 e. The van der Waals surface area contributed by atoms with Crippen LogP contribution in [-0.2, 0) is 4.79 Å². The molecule has 1 N–H and O–H groups in total. The molecule has 4 heteroatoms. The summed E-state index contributed by atoms with van der Waals surface area (Å²) in [5, 5.41) is 3.08. The van der Waals surface area contributed by atoms with Crippen LogP contribution in [-0.4, -0.2) is 18.3 Å². The van der Waals surface area contributed by atoms with Gasteiger partial charge in [0.25, 0.3) is 0 Å². The van der Waals surface area contributed by atoms with Gasteiger partial charge in [-0.15, -0.1) is 11.8 Å². The number of amides is 1. The number of hydrogen-bond donors (Lipinski definition) is 1. The normalized spacial score (nSPS) is 13.3. The van der Waals surface area contributed by atoms with Gasteiger partial charge in [0.05, 0.1) is 18.4 Å². The van der Waals surface area contributed by atoms with Crippen molar-refractivity contribution in [1.29, 1.82) is 0 Å². The second-order valence-corrected chi connectivity index (χ2v) is 7.95. The Morgan fingerprint density at radius 3 is 2.24 bits per heavy atom. The highest BCUT2D eigenvalue weighted by molar-refractivity contribution is 8.00. The van der Waals surface area contributed by atoms with Crippen LogP contribution in [0.4, 0.5) is 0 Å². The summed E-state index contributed by atoms with van der Waals surface area (Å²) >= 11 is 1.58. The van der Waals surface area contributed by atoms with Crippen LogP contribution in [0.5, 0.6) is 5.75 Å². The summed E-state index contributed by atoms with van der Waals surface area (Å²) in [6.45, 7) is 6.29. The molecule has 1 amide bonds. The Balaban J connectivity index is 2.05. The van der Waals surface area contributed by atoms with E-state index in [2.05, 4.69) is 19.2 Å². The highest BCUT2D eigenvalue weighted by Crippen LogP contribution is 2.26. The molecule has 25 heavy (non-hydrogen) atoms. The van der Waals surface area contributed by atoms with Gasteiger partial charge in [-0.05, 0) is 49.1 Å². The Bertz CT molecular complexity index is 655. The average Bonchev–Trinajstić information content (AvgIpc) is 2.61. The Kier molecular flexibility index (Phi) is 7.38. The molecule has 0 aliphatic carbocycles. The van der Waals surface area contributed by atoms with Crippen molar-refractivity contribution in [1.82, 2.24) is 5.32 Å². The van der Waals surface area contributed by atoms with Crippen molar-refractivity contribution in [2.75, 3.05) is 7.11 Å². The highest BCUT2D eigenvalue weighted by atomic mass is 32.2. The maximum atomic E-state index is 12.7. The predicted octanol–water partition coefficient (Wildman–Crippen LogP) is 5.08. The third-order valence-corrected chi connectivity index (χ3v) is 5.08. The number of thioether (sulfide) groups is 1. The fourth-order valence-electron chi connectivity index (χ4n) is 2.63. The van der Waals surface area contributed by atoms with E-state index in [0.29, 0.717) is 5.92 Å². The third kappa shape index (κ3) is 6.13. The van der Waals surface area contributed by atoms with Crippen LogP contribution >= 0.6 is 11.8 Å². The molecule has 0 saturated heterocycles. The SMILES string of the molecule is COc1ccc([C@@H](CC(C)C)NC(=O)[C@@H](C)Sc2ccccc2)cc1. The molecule has 0 fully saturated rings. The first-order valence-electron chi connectivity index (χ1n) is 8.65. The molecule has 2 atom stereocenters. The number of nitrogens with one attached hydrogen (secondary N) is 1. The minimum Gasteiger partial charge on any atom is -0.497 e. The summed E-state index contributed by atoms with van der Waals surface area (Å²) in [7, 11) is 1.66. The Morgan fingerprint density at radius 2 is 1.68 bits per heavy atom. The zero-order valence-corrected chi connectivity index (χ0v) is 16.2. The van der Waals surface area contributed by atoms with E-state index in [1.807, 2.05) is 61.5 Å². The molecule has 0 unspecified atom stereocenters. The van der Waals surface area contributed by atoms with Gasteiger partial charge in [0.2, 0.25) is 5.91 Å². The zero-order valence-electron chi connectivity index (χ0n) is 15.4. The van der Waals surface area contributed by atoms with Gasteiger partial charge >= 0.3 is 0 Å². The van der Waals surface area contributed by atoms with Crippen molar-refractivity contribution < 1.29 is 9.53 Å². The van der Waals surface area contributed by atoms with Crippen molar-refractivity contribution in [3.63, 3.8) is 0 Å². The van der Waals surface area contributed by atoms with Crippen LogP contribution in [0.1, 0.15) is 38.8 Å². The van der Waals surface area contributed by atoms with E-state index in [1.54, 1.807) is 18.9 Å².